The predicted octanol–water partition coefficient (Wildman–Crippen LogP) is 4.38. The van der Waals surface area contributed by atoms with E-state index in [9.17, 15) is 9.59 Å². The summed E-state index contributed by atoms with van der Waals surface area (Å²) in [6, 6.07) is 19.1. The Bertz CT molecular complexity index is 1240. The van der Waals surface area contributed by atoms with Gasteiger partial charge in [0.15, 0.2) is 6.61 Å². The van der Waals surface area contributed by atoms with E-state index < -0.39 is 11.9 Å². The van der Waals surface area contributed by atoms with E-state index in [2.05, 4.69) is 5.32 Å². The van der Waals surface area contributed by atoms with Crippen molar-refractivity contribution in [3.8, 4) is 5.75 Å². The Morgan fingerprint density at radius 3 is 2.67 bits per heavy atom. The smallest absolute Gasteiger partial charge is 0.375 e. The number of methoxy groups -OCH3 is 1. The molecule has 4 rings (SSSR count). The SMILES string of the molecule is COc1cccc(CNC(=O)COC(=O)c2oc3c(ccc4ccccc43)c2C)c1. The van der Waals surface area contributed by atoms with Crippen LogP contribution in [0.25, 0.3) is 21.7 Å². The molecule has 0 aliphatic heterocycles. The second-order valence-corrected chi connectivity index (χ2v) is 6.92. The summed E-state index contributed by atoms with van der Waals surface area (Å²) in [6.07, 6.45) is 0. The van der Waals surface area contributed by atoms with Crippen LogP contribution in [0.1, 0.15) is 21.7 Å². The van der Waals surface area contributed by atoms with Crippen molar-refractivity contribution < 1.29 is 23.5 Å². The Hall–Kier alpha value is -3.80. The molecule has 0 atom stereocenters. The summed E-state index contributed by atoms with van der Waals surface area (Å²) in [6.45, 7) is 1.73. The van der Waals surface area contributed by atoms with Crippen molar-refractivity contribution in [2.45, 2.75) is 13.5 Å². The summed E-state index contributed by atoms with van der Waals surface area (Å²) >= 11 is 0. The highest BCUT2D eigenvalue weighted by Crippen LogP contribution is 2.32. The van der Waals surface area contributed by atoms with Crippen LogP contribution in [0.4, 0.5) is 0 Å². The molecule has 0 aliphatic rings. The van der Waals surface area contributed by atoms with Gasteiger partial charge in [0.2, 0.25) is 5.76 Å². The van der Waals surface area contributed by atoms with Crippen molar-refractivity contribution in [1.82, 2.24) is 5.32 Å². The topological polar surface area (TPSA) is 77.8 Å². The monoisotopic (exact) mass is 403 g/mol. The molecule has 0 unspecified atom stereocenters. The van der Waals surface area contributed by atoms with Gasteiger partial charge in [0.05, 0.1) is 7.11 Å². The third kappa shape index (κ3) is 3.85. The molecule has 30 heavy (non-hydrogen) atoms. The van der Waals surface area contributed by atoms with Gasteiger partial charge in [-0.25, -0.2) is 4.79 Å². The number of rotatable bonds is 6. The summed E-state index contributed by atoms with van der Waals surface area (Å²) in [5.74, 6) is -0.238. The van der Waals surface area contributed by atoms with Gasteiger partial charge >= 0.3 is 5.97 Å². The first kappa shape index (κ1) is 19.5. The lowest BCUT2D eigenvalue weighted by Crippen LogP contribution is -2.28. The Balaban J connectivity index is 1.42. The Kier molecular flexibility index (Phi) is 5.39. The summed E-state index contributed by atoms with van der Waals surface area (Å²) in [4.78, 5) is 24.6. The maximum absolute atomic E-state index is 12.5. The van der Waals surface area contributed by atoms with Gasteiger partial charge in [-0.2, -0.15) is 0 Å². The lowest BCUT2D eigenvalue weighted by atomic mass is 10.1. The highest BCUT2D eigenvalue weighted by Gasteiger charge is 2.21. The second kappa shape index (κ2) is 8.29. The second-order valence-electron chi connectivity index (χ2n) is 6.92. The van der Waals surface area contributed by atoms with E-state index in [0.717, 1.165) is 21.7 Å². The van der Waals surface area contributed by atoms with Crippen LogP contribution in [0.3, 0.4) is 0 Å². The molecule has 6 nitrogen and oxygen atoms in total. The van der Waals surface area contributed by atoms with Gasteiger partial charge in [-0.3, -0.25) is 4.79 Å². The minimum atomic E-state index is -0.663. The van der Waals surface area contributed by atoms with E-state index in [-0.39, 0.29) is 12.4 Å². The molecule has 0 radical (unpaired) electrons. The number of carbonyl (C=O) groups is 2. The van der Waals surface area contributed by atoms with Crippen LogP contribution in [0.15, 0.2) is 65.1 Å². The van der Waals surface area contributed by atoms with Gasteiger partial charge in [-0.05, 0) is 30.0 Å². The molecule has 3 aromatic carbocycles. The largest absolute Gasteiger partial charge is 0.497 e. The molecular weight excluding hydrogens is 382 g/mol. The first-order valence-corrected chi connectivity index (χ1v) is 9.54. The van der Waals surface area contributed by atoms with Crippen LogP contribution < -0.4 is 10.1 Å². The molecule has 1 N–H and O–H groups in total. The fourth-order valence-electron chi connectivity index (χ4n) is 3.37. The summed E-state index contributed by atoms with van der Waals surface area (Å²) in [7, 11) is 1.58. The predicted molar refractivity (Wildman–Crippen MR) is 114 cm³/mol. The maximum atomic E-state index is 12.5. The third-order valence-electron chi connectivity index (χ3n) is 4.97. The number of aryl methyl sites for hydroxylation is 1. The van der Waals surface area contributed by atoms with Crippen molar-refractivity contribution in [1.29, 1.82) is 0 Å². The number of ether oxygens (including phenoxy) is 2. The average Bonchev–Trinajstić information content (AvgIpc) is 3.13. The zero-order chi connectivity index (χ0) is 21.1. The first-order valence-electron chi connectivity index (χ1n) is 9.54. The van der Waals surface area contributed by atoms with Crippen molar-refractivity contribution >= 4 is 33.6 Å². The molecule has 1 aromatic heterocycles. The lowest BCUT2D eigenvalue weighted by Gasteiger charge is -2.07. The van der Waals surface area contributed by atoms with Gasteiger partial charge in [-0.1, -0.05) is 48.5 Å². The van der Waals surface area contributed by atoms with Crippen LogP contribution in [-0.4, -0.2) is 25.6 Å². The Labute approximate surface area is 173 Å². The first-order chi connectivity index (χ1) is 14.6. The number of hydrogen-bond donors (Lipinski definition) is 1. The number of hydrogen-bond acceptors (Lipinski definition) is 5. The van der Waals surface area contributed by atoms with Gasteiger partial charge in [0.25, 0.3) is 5.91 Å². The van der Waals surface area contributed by atoms with Crippen molar-refractivity contribution in [2.24, 2.45) is 0 Å². The van der Waals surface area contributed by atoms with Gasteiger partial charge in [-0.15, -0.1) is 0 Å². The molecule has 1 amide bonds. The number of nitrogens with one attached hydrogen (secondary N) is 1. The Morgan fingerprint density at radius 2 is 1.83 bits per heavy atom. The van der Waals surface area contributed by atoms with Gasteiger partial charge < -0.3 is 19.2 Å². The number of fused-ring (bicyclic) bond motifs is 3. The molecule has 1 heterocycles. The van der Waals surface area contributed by atoms with Gasteiger partial charge in [0, 0.05) is 22.9 Å². The van der Waals surface area contributed by atoms with Crippen molar-refractivity contribution in [2.75, 3.05) is 13.7 Å². The Morgan fingerprint density at radius 1 is 1.00 bits per heavy atom. The van der Waals surface area contributed by atoms with Crippen molar-refractivity contribution in [3.05, 3.63) is 77.6 Å². The summed E-state index contributed by atoms with van der Waals surface area (Å²) in [5.41, 5.74) is 2.21. The molecular formula is C24H21NO5. The summed E-state index contributed by atoms with van der Waals surface area (Å²) in [5, 5.41) is 5.52. The quantitative estimate of drug-likeness (QED) is 0.484. The molecule has 0 bridgehead atoms. The normalized spacial score (nSPS) is 10.9. The zero-order valence-electron chi connectivity index (χ0n) is 16.7. The van der Waals surface area contributed by atoms with E-state index in [1.54, 1.807) is 14.0 Å². The number of esters is 1. The van der Waals surface area contributed by atoms with E-state index in [1.807, 2.05) is 60.7 Å². The minimum absolute atomic E-state index is 0.113. The average molecular weight is 403 g/mol. The molecule has 152 valence electrons. The molecule has 0 aliphatic carbocycles. The third-order valence-corrected chi connectivity index (χ3v) is 4.97. The van der Waals surface area contributed by atoms with Crippen LogP contribution in [-0.2, 0) is 16.1 Å². The number of benzene rings is 3. The van der Waals surface area contributed by atoms with E-state index >= 15 is 0 Å². The summed E-state index contributed by atoms with van der Waals surface area (Å²) < 4.78 is 16.2. The maximum Gasteiger partial charge on any atom is 0.375 e. The van der Waals surface area contributed by atoms with Crippen LogP contribution in [0, 0.1) is 6.92 Å². The molecule has 0 saturated heterocycles. The van der Waals surface area contributed by atoms with E-state index in [1.165, 1.54) is 0 Å². The van der Waals surface area contributed by atoms with Crippen LogP contribution in [0.5, 0.6) is 5.75 Å². The molecule has 6 heteroatoms. The highest BCUT2D eigenvalue weighted by molar-refractivity contribution is 6.08. The van der Waals surface area contributed by atoms with Crippen LogP contribution >= 0.6 is 0 Å². The highest BCUT2D eigenvalue weighted by atomic mass is 16.5. The van der Waals surface area contributed by atoms with E-state index in [0.29, 0.717) is 23.4 Å². The molecule has 0 spiro atoms. The van der Waals surface area contributed by atoms with E-state index in [4.69, 9.17) is 13.9 Å². The fourth-order valence-corrected chi connectivity index (χ4v) is 3.37. The number of furan rings is 1. The number of amides is 1. The van der Waals surface area contributed by atoms with Crippen molar-refractivity contribution in [3.63, 3.8) is 0 Å². The molecule has 0 saturated carbocycles. The minimum Gasteiger partial charge on any atom is -0.497 e. The standard InChI is InChI=1S/C24H21NO5/c1-15-19-11-10-17-7-3-4-9-20(17)23(19)30-22(15)24(27)29-14-21(26)25-13-16-6-5-8-18(12-16)28-2/h3-12H,13-14H2,1-2H3,(H,25,26). The van der Waals surface area contributed by atoms with Crippen LogP contribution in [0.2, 0.25) is 0 Å². The fraction of sp³-hybridized carbons (Fsp3) is 0.167. The molecule has 4 aromatic rings. The lowest BCUT2D eigenvalue weighted by molar-refractivity contribution is -0.124. The van der Waals surface area contributed by atoms with Gasteiger partial charge in [0.1, 0.15) is 11.3 Å². The number of carbonyl (C=O) groups excluding carboxylic acids is 2. The molecule has 0 fully saturated rings. The zero-order valence-corrected chi connectivity index (χ0v) is 16.7.